The summed E-state index contributed by atoms with van der Waals surface area (Å²) in [6, 6.07) is 13.5. The quantitative estimate of drug-likeness (QED) is 0.0101. The second kappa shape index (κ2) is 43.9. The van der Waals surface area contributed by atoms with E-state index in [0.29, 0.717) is 55.8 Å². The van der Waals surface area contributed by atoms with Crippen LogP contribution >= 0.6 is 0 Å². The molecule has 33 nitrogen and oxygen atoms in total. The van der Waals surface area contributed by atoms with Crippen molar-refractivity contribution in [2.45, 2.75) is 202 Å². The predicted octanol–water partition coefficient (Wildman–Crippen LogP) is -1.52. The van der Waals surface area contributed by atoms with Crippen molar-refractivity contribution in [2.75, 3.05) is 63.9 Å². The van der Waals surface area contributed by atoms with Crippen LogP contribution in [0.3, 0.4) is 0 Å². The second-order valence-electron chi connectivity index (χ2n) is 29.7. The first-order valence-corrected chi connectivity index (χ1v) is 37.8. The Balaban J connectivity index is 1.15. The number of aliphatic imine (C=N–C) groups is 1. The Bertz CT molecular complexity index is 3910. The first kappa shape index (κ1) is 91.1. The van der Waals surface area contributed by atoms with Crippen molar-refractivity contribution in [3.8, 4) is 0 Å². The van der Waals surface area contributed by atoms with Crippen molar-refractivity contribution in [1.82, 2.24) is 42.5 Å². The van der Waals surface area contributed by atoms with E-state index in [1.807, 2.05) is 68.5 Å². The fourth-order valence-corrected chi connectivity index (χ4v) is 13.3. The minimum atomic E-state index is -1.89. The minimum Gasteiger partial charge on any atom is -0.481 e. The fraction of sp³-hybridized carbons (Fsp3) is 0.532. The molecule has 3 aromatic carbocycles. The Kier molecular flexibility index (Phi) is 35.7. The number of nitrogens with two attached hydrogens (primary N) is 2. The van der Waals surface area contributed by atoms with E-state index in [0.717, 1.165) is 40.3 Å². The Hall–Kier alpha value is -9.81. The lowest BCUT2D eigenvalue weighted by Gasteiger charge is -2.27. The highest BCUT2D eigenvalue weighted by Gasteiger charge is 2.46. The monoisotopic (exact) mass is 1560 g/mol. The van der Waals surface area contributed by atoms with Crippen LogP contribution in [0.5, 0.6) is 0 Å². The summed E-state index contributed by atoms with van der Waals surface area (Å²) in [7, 11) is 0. The number of nitrogens with zero attached hydrogens (tertiary/aromatic N) is 3. The van der Waals surface area contributed by atoms with E-state index >= 15 is 0 Å². The summed E-state index contributed by atoms with van der Waals surface area (Å²) in [6.07, 6.45) is 1.84. The number of unbranched alkanes of at least 4 members (excludes halogenated alkanes) is 3. The van der Waals surface area contributed by atoms with E-state index in [1.165, 1.54) is 0 Å². The fourth-order valence-electron chi connectivity index (χ4n) is 13.3. The second-order valence-corrected chi connectivity index (χ2v) is 29.7. The van der Waals surface area contributed by atoms with Gasteiger partial charge in [-0.25, -0.2) is 0 Å². The zero-order valence-electron chi connectivity index (χ0n) is 64.3. The predicted molar refractivity (Wildman–Crippen MR) is 416 cm³/mol. The number of rotatable bonds is 40. The molecule has 112 heavy (non-hydrogen) atoms. The Morgan fingerprint density at radius 3 is 1.78 bits per heavy atom. The van der Waals surface area contributed by atoms with E-state index in [1.54, 1.807) is 54.6 Å². The number of allylic oxidation sites excluding steroid dienone is 8. The lowest BCUT2D eigenvalue weighted by atomic mass is 9.80. The molecular formula is C79H114N13O20+. The minimum absolute atomic E-state index is 0.00149. The number of fused-ring (bicyclic) bond motifs is 2. The number of nitrogens with one attached hydrogen (secondary N) is 8. The van der Waals surface area contributed by atoms with Gasteiger partial charge in [-0.1, -0.05) is 88.4 Å². The standard InChI is InChI=1S/C79H113N13O20/c1-46(2)32-36-92-57-31-29-49(72(108)85-42-59(96)68(104)70(106)61(98)45-94)39-51(57)79(5,6)63(92)26-15-9-7-8-14-25-62-78(3,4)50-38-48(71(107)84-41-58(95)67(103)69(105)60(97)44-93)28-30-56(50)91(62)35-19-11-16-27-64(99)82-33-18-17-23-53-74(110)88-52(24-20-34-83-77(80)81)73(109)86-43-65(100)87-55(40-66(101)102)76(112)90-54(75(111)89-53)37-47-21-12-10-13-22-47/h7-10,12-15,21-22,25-26,28-31,38-39,46,52-55,58-61,67-70,93-98,103-106H,11,16-20,23-24,27,32-37,40-45H2,1-6H3,(H12-,80,81,82,83,84,85,86,87,88,89,90,99,100,101,102,107,108,109,110,111,112)/p+1/t52-,53-,54+,55-,58?,59?,60?,61?,67?,68?,69?,70?/m0/s1. The molecule has 12 atom stereocenters. The smallest absolute Gasteiger partial charge is 0.305 e. The number of anilines is 1. The van der Waals surface area contributed by atoms with Crippen molar-refractivity contribution in [3.63, 3.8) is 0 Å². The lowest BCUT2D eigenvalue weighted by Crippen LogP contribution is -2.58. The van der Waals surface area contributed by atoms with Gasteiger partial charge in [-0.05, 0) is 119 Å². The molecular weight excluding hydrogens is 1450 g/mol. The van der Waals surface area contributed by atoms with Gasteiger partial charge in [0.2, 0.25) is 41.1 Å². The maximum Gasteiger partial charge on any atom is 0.305 e. The van der Waals surface area contributed by atoms with Crippen LogP contribution in [-0.2, 0) is 50.8 Å². The number of benzene rings is 3. The maximum atomic E-state index is 14.3. The molecule has 3 aliphatic rings. The number of aliphatic hydroxyl groups is 10. The third-order valence-corrected chi connectivity index (χ3v) is 19.9. The molecule has 3 aromatic rings. The van der Waals surface area contributed by atoms with Crippen LogP contribution in [0.1, 0.15) is 150 Å². The number of amides is 8. The average molecular weight is 1570 g/mol. The summed E-state index contributed by atoms with van der Waals surface area (Å²) in [5.41, 5.74) is 16.1. The van der Waals surface area contributed by atoms with Gasteiger partial charge in [0, 0.05) is 97.6 Å². The molecule has 0 aromatic heterocycles. The Labute approximate surface area is 651 Å². The van der Waals surface area contributed by atoms with Gasteiger partial charge in [0.25, 0.3) is 11.8 Å². The molecule has 614 valence electrons. The highest BCUT2D eigenvalue weighted by Crippen LogP contribution is 2.48. The first-order chi connectivity index (χ1) is 53.1. The van der Waals surface area contributed by atoms with Gasteiger partial charge in [-0.2, -0.15) is 4.58 Å². The van der Waals surface area contributed by atoms with Crippen LogP contribution < -0.4 is 58.9 Å². The normalized spacial score (nSPS) is 20.6. The van der Waals surface area contributed by atoms with Crippen LogP contribution in [0.4, 0.5) is 11.4 Å². The van der Waals surface area contributed by atoms with Crippen molar-refractivity contribution < 1.29 is 104 Å². The number of carbonyl (C=O) groups is 9. The number of carboxylic acid groups (broad SMARTS) is 1. The molecule has 3 aliphatic heterocycles. The number of hydrogen-bond donors (Lipinski definition) is 21. The topological polar surface area (TPSA) is 543 Å². The van der Waals surface area contributed by atoms with E-state index in [2.05, 4.69) is 84.7 Å². The summed E-state index contributed by atoms with van der Waals surface area (Å²) in [5, 5.41) is 130. The van der Waals surface area contributed by atoms with Crippen molar-refractivity contribution in [3.05, 3.63) is 143 Å². The highest BCUT2D eigenvalue weighted by atomic mass is 16.4. The van der Waals surface area contributed by atoms with Crippen LogP contribution in [0, 0.1) is 5.92 Å². The molecule has 33 heteroatoms. The number of carbonyl (C=O) groups excluding carboxylic acids is 8. The van der Waals surface area contributed by atoms with E-state index in [-0.39, 0.29) is 69.0 Å². The molecule has 0 spiro atoms. The van der Waals surface area contributed by atoms with Crippen LogP contribution in [0.15, 0.2) is 120 Å². The molecule has 6 rings (SSSR count). The van der Waals surface area contributed by atoms with Crippen LogP contribution in [0.2, 0.25) is 0 Å². The third-order valence-electron chi connectivity index (χ3n) is 19.9. The summed E-state index contributed by atoms with van der Waals surface area (Å²) >= 11 is 0. The molecule has 8 amide bonds. The zero-order valence-corrected chi connectivity index (χ0v) is 64.3. The number of carboxylic acids is 1. The number of aliphatic carboxylic acids is 1. The molecule has 0 saturated carbocycles. The van der Waals surface area contributed by atoms with Gasteiger partial charge in [0.15, 0.2) is 11.7 Å². The van der Waals surface area contributed by atoms with Gasteiger partial charge < -0.3 is 115 Å². The highest BCUT2D eigenvalue weighted by molar-refractivity contribution is 6.05. The van der Waals surface area contributed by atoms with Crippen molar-refractivity contribution in [2.24, 2.45) is 22.4 Å². The number of hydrogen-bond acceptors (Lipinski definition) is 21. The summed E-state index contributed by atoms with van der Waals surface area (Å²) < 4.78 is 2.15. The molecule has 8 unspecified atom stereocenters. The third kappa shape index (κ3) is 26.4. The first-order valence-electron chi connectivity index (χ1n) is 37.8. The zero-order chi connectivity index (χ0) is 82.6. The van der Waals surface area contributed by atoms with Crippen molar-refractivity contribution >= 4 is 76.3 Å². The molecule has 3 heterocycles. The summed E-state index contributed by atoms with van der Waals surface area (Å²) in [4.78, 5) is 127. The van der Waals surface area contributed by atoms with Crippen molar-refractivity contribution in [1.29, 1.82) is 0 Å². The van der Waals surface area contributed by atoms with E-state index in [4.69, 9.17) is 16.6 Å². The van der Waals surface area contributed by atoms with E-state index < -0.39 is 170 Å². The van der Waals surface area contributed by atoms with Gasteiger partial charge in [-0.15, -0.1) is 0 Å². The molecule has 0 radical (unpaired) electrons. The molecule has 23 N–H and O–H groups in total. The molecule has 0 aliphatic carbocycles. The maximum absolute atomic E-state index is 14.3. The molecule has 1 saturated heterocycles. The summed E-state index contributed by atoms with van der Waals surface area (Å²) in [5.74, 6) is -6.93. The number of aliphatic hydroxyl groups excluding tert-OH is 10. The van der Waals surface area contributed by atoms with Gasteiger partial charge in [0.05, 0.1) is 43.8 Å². The van der Waals surface area contributed by atoms with Crippen LogP contribution in [-0.4, -0.2) is 258 Å². The van der Waals surface area contributed by atoms with Gasteiger partial charge >= 0.3 is 5.97 Å². The largest absolute Gasteiger partial charge is 0.481 e. The van der Waals surface area contributed by atoms with Crippen LogP contribution in [0.25, 0.3) is 0 Å². The average Bonchev–Trinajstić information content (AvgIpc) is 1.60. The lowest BCUT2D eigenvalue weighted by molar-refractivity contribution is -0.438. The van der Waals surface area contributed by atoms with Gasteiger partial charge in [0.1, 0.15) is 67.3 Å². The Morgan fingerprint density at radius 2 is 1.17 bits per heavy atom. The van der Waals surface area contributed by atoms with Gasteiger partial charge in [-0.3, -0.25) is 48.1 Å². The summed E-state index contributed by atoms with van der Waals surface area (Å²) in [6.45, 7) is 10.5. The molecule has 0 bridgehead atoms. The Morgan fingerprint density at radius 1 is 0.616 bits per heavy atom. The molecule has 1 fully saturated rings. The SMILES string of the molecule is CC(C)CCN1C(=CC=CC=CC=CC2=[N+](CCCCCC(=O)NCCCC[C@@H]3NC(=O)[C@@H](Cc4ccccc4)NC(=O)[C@H](CC(=O)O)NC(=O)CNC(=O)[C@H](CCCN=C(N)N)NC3=O)c3ccc(C(=O)NCC(O)C(O)C(O)C(O)CO)cc3C2(C)C)C(C)(C)c2cc(C(=O)NCC(O)C(O)C(O)C(O)CO)ccc21. The van der Waals surface area contributed by atoms with E-state index in [9.17, 15) is 94.2 Å². The number of guanidine groups is 1.